The lowest BCUT2D eigenvalue weighted by Gasteiger charge is -2.20. The number of fused-ring (bicyclic) bond motifs is 1. The first kappa shape index (κ1) is 12.3. The van der Waals surface area contributed by atoms with Crippen LogP contribution in [-0.2, 0) is 0 Å². The summed E-state index contributed by atoms with van der Waals surface area (Å²) in [6, 6.07) is 6.56. The third kappa shape index (κ3) is 2.48. The van der Waals surface area contributed by atoms with Gasteiger partial charge in [0.25, 0.3) is 0 Å². The Hall–Kier alpha value is -0.780. The van der Waals surface area contributed by atoms with Crippen molar-refractivity contribution >= 4 is 33.3 Å². The Labute approximate surface area is 115 Å². The van der Waals surface area contributed by atoms with Crippen molar-refractivity contribution in [1.82, 2.24) is 10.3 Å². The molecule has 2 aromatic rings. The zero-order valence-corrected chi connectivity index (χ0v) is 11.9. The second-order valence-corrected chi connectivity index (χ2v) is 6.41. The lowest BCUT2D eigenvalue weighted by atomic mass is 10.3. The van der Waals surface area contributed by atoms with Gasteiger partial charge in [-0.3, -0.25) is 0 Å². The highest BCUT2D eigenvalue weighted by molar-refractivity contribution is 7.99. The first-order chi connectivity index (χ1) is 8.86. The largest absolute Gasteiger partial charge is 0.494 e. The van der Waals surface area contributed by atoms with E-state index in [1.54, 1.807) is 11.3 Å². The topological polar surface area (TPSA) is 34.1 Å². The van der Waals surface area contributed by atoms with Gasteiger partial charge in [-0.05, 0) is 25.1 Å². The van der Waals surface area contributed by atoms with Gasteiger partial charge in [0, 0.05) is 18.1 Å². The Morgan fingerprint density at radius 2 is 2.44 bits per heavy atom. The van der Waals surface area contributed by atoms with E-state index in [2.05, 4.69) is 17.4 Å². The molecule has 18 heavy (non-hydrogen) atoms. The van der Waals surface area contributed by atoms with Crippen LogP contribution in [0.1, 0.15) is 18.0 Å². The minimum Gasteiger partial charge on any atom is -0.494 e. The van der Waals surface area contributed by atoms with Crippen LogP contribution in [0.4, 0.5) is 0 Å². The first-order valence-electron chi connectivity index (χ1n) is 6.21. The fourth-order valence-corrected chi connectivity index (χ4v) is 4.17. The molecule has 96 valence electrons. The average molecular weight is 280 g/mol. The predicted octanol–water partition coefficient (Wildman–Crippen LogP) is 3.07. The van der Waals surface area contributed by atoms with Crippen LogP contribution in [-0.4, -0.2) is 29.6 Å². The summed E-state index contributed by atoms with van der Waals surface area (Å²) in [7, 11) is 0. The summed E-state index contributed by atoms with van der Waals surface area (Å²) in [5, 5.41) is 4.73. The third-order valence-corrected chi connectivity index (χ3v) is 5.10. The molecule has 0 spiro atoms. The standard InChI is InChI=1S/C13H16N2OS2/c1-2-16-9-3-4-10-12(7-9)18-13(15-10)11-8-17-6-5-14-11/h3-4,7,11,14H,2,5-6,8H2,1H3. The molecule has 3 rings (SSSR count). The van der Waals surface area contributed by atoms with Gasteiger partial charge in [0.2, 0.25) is 0 Å². The van der Waals surface area contributed by atoms with Gasteiger partial charge >= 0.3 is 0 Å². The number of benzene rings is 1. The number of nitrogens with zero attached hydrogens (tertiary/aromatic N) is 1. The molecule has 2 heterocycles. The highest BCUT2D eigenvalue weighted by Gasteiger charge is 2.18. The Morgan fingerprint density at radius 3 is 3.22 bits per heavy atom. The maximum absolute atomic E-state index is 5.53. The lowest BCUT2D eigenvalue weighted by Crippen LogP contribution is -2.30. The van der Waals surface area contributed by atoms with Gasteiger partial charge in [0.05, 0.1) is 22.9 Å². The molecule has 0 aliphatic carbocycles. The Kier molecular flexibility index (Phi) is 3.72. The van der Waals surface area contributed by atoms with Crippen molar-refractivity contribution in [3.63, 3.8) is 0 Å². The van der Waals surface area contributed by atoms with Crippen LogP contribution in [0.15, 0.2) is 18.2 Å². The van der Waals surface area contributed by atoms with Crippen LogP contribution in [0.25, 0.3) is 10.2 Å². The Bertz CT molecular complexity index is 535. The molecule has 1 atom stereocenters. The number of thiazole rings is 1. The number of hydrogen-bond donors (Lipinski definition) is 1. The van der Waals surface area contributed by atoms with E-state index < -0.39 is 0 Å². The van der Waals surface area contributed by atoms with Crippen LogP contribution >= 0.6 is 23.1 Å². The minimum absolute atomic E-state index is 0.414. The Balaban J connectivity index is 1.89. The predicted molar refractivity (Wildman–Crippen MR) is 78.9 cm³/mol. The monoisotopic (exact) mass is 280 g/mol. The smallest absolute Gasteiger partial charge is 0.120 e. The molecule has 1 saturated heterocycles. The van der Waals surface area contributed by atoms with Gasteiger partial charge in [-0.15, -0.1) is 11.3 Å². The Morgan fingerprint density at radius 1 is 1.50 bits per heavy atom. The van der Waals surface area contributed by atoms with Gasteiger partial charge in [-0.1, -0.05) is 0 Å². The molecule has 1 aromatic carbocycles. The number of hydrogen-bond acceptors (Lipinski definition) is 5. The van der Waals surface area contributed by atoms with E-state index in [0.29, 0.717) is 12.6 Å². The molecule has 0 saturated carbocycles. The molecular weight excluding hydrogens is 264 g/mol. The first-order valence-corrected chi connectivity index (χ1v) is 8.18. The molecule has 0 radical (unpaired) electrons. The van der Waals surface area contributed by atoms with Crippen molar-refractivity contribution in [2.75, 3.05) is 24.7 Å². The van der Waals surface area contributed by atoms with E-state index in [1.807, 2.05) is 24.8 Å². The highest BCUT2D eigenvalue weighted by Crippen LogP contribution is 2.31. The second kappa shape index (κ2) is 5.47. The molecule has 0 bridgehead atoms. The van der Waals surface area contributed by atoms with Gasteiger partial charge in [-0.25, -0.2) is 4.98 Å². The van der Waals surface area contributed by atoms with Gasteiger partial charge in [-0.2, -0.15) is 11.8 Å². The zero-order valence-electron chi connectivity index (χ0n) is 10.3. The molecule has 0 amide bonds. The lowest BCUT2D eigenvalue weighted by molar-refractivity contribution is 0.341. The molecule has 1 unspecified atom stereocenters. The molecule has 3 nitrogen and oxygen atoms in total. The number of nitrogens with one attached hydrogen (secondary N) is 1. The average Bonchev–Trinajstić information content (AvgIpc) is 2.83. The maximum Gasteiger partial charge on any atom is 0.120 e. The van der Waals surface area contributed by atoms with E-state index in [4.69, 9.17) is 9.72 Å². The van der Waals surface area contributed by atoms with E-state index >= 15 is 0 Å². The number of rotatable bonds is 3. The summed E-state index contributed by atoms with van der Waals surface area (Å²) in [6.45, 7) is 3.79. The summed E-state index contributed by atoms with van der Waals surface area (Å²) in [4.78, 5) is 4.72. The fourth-order valence-electron chi connectivity index (χ4n) is 2.05. The van der Waals surface area contributed by atoms with E-state index in [0.717, 1.165) is 23.6 Å². The van der Waals surface area contributed by atoms with E-state index in [9.17, 15) is 0 Å². The highest BCUT2D eigenvalue weighted by atomic mass is 32.2. The van der Waals surface area contributed by atoms with Crippen molar-refractivity contribution in [1.29, 1.82) is 0 Å². The summed E-state index contributed by atoms with van der Waals surface area (Å²) in [5.41, 5.74) is 1.08. The van der Waals surface area contributed by atoms with Crippen molar-refractivity contribution in [3.8, 4) is 5.75 Å². The van der Waals surface area contributed by atoms with E-state index in [1.165, 1.54) is 15.5 Å². The maximum atomic E-state index is 5.53. The molecule has 1 fully saturated rings. The molecular formula is C13H16N2OS2. The summed E-state index contributed by atoms with van der Waals surface area (Å²) < 4.78 is 6.74. The van der Waals surface area contributed by atoms with Gasteiger partial charge < -0.3 is 10.1 Å². The molecule has 5 heteroatoms. The SMILES string of the molecule is CCOc1ccc2nc(C3CSCCN3)sc2c1. The second-order valence-electron chi connectivity index (χ2n) is 4.20. The normalized spacial score (nSPS) is 20.2. The van der Waals surface area contributed by atoms with Crippen LogP contribution in [0.2, 0.25) is 0 Å². The molecule has 1 aliphatic rings. The number of ether oxygens (including phenoxy) is 1. The van der Waals surface area contributed by atoms with Crippen molar-refractivity contribution in [2.45, 2.75) is 13.0 Å². The molecule has 1 aliphatic heterocycles. The number of thioether (sulfide) groups is 1. The zero-order chi connectivity index (χ0) is 12.4. The van der Waals surface area contributed by atoms with Crippen LogP contribution in [0.3, 0.4) is 0 Å². The summed E-state index contributed by atoms with van der Waals surface area (Å²) in [5.74, 6) is 3.26. The van der Waals surface area contributed by atoms with Gasteiger partial charge in [0.15, 0.2) is 0 Å². The number of aromatic nitrogens is 1. The summed E-state index contributed by atoms with van der Waals surface area (Å²) >= 11 is 3.78. The minimum atomic E-state index is 0.414. The third-order valence-electron chi connectivity index (χ3n) is 2.91. The quantitative estimate of drug-likeness (QED) is 0.937. The van der Waals surface area contributed by atoms with E-state index in [-0.39, 0.29) is 0 Å². The van der Waals surface area contributed by atoms with Crippen molar-refractivity contribution < 1.29 is 4.74 Å². The van der Waals surface area contributed by atoms with Crippen molar-refractivity contribution in [3.05, 3.63) is 23.2 Å². The van der Waals surface area contributed by atoms with Gasteiger partial charge in [0.1, 0.15) is 10.8 Å². The fraction of sp³-hybridized carbons (Fsp3) is 0.462. The molecule has 1 N–H and O–H groups in total. The van der Waals surface area contributed by atoms with Crippen LogP contribution in [0, 0.1) is 0 Å². The summed E-state index contributed by atoms with van der Waals surface area (Å²) in [6.07, 6.45) is 0. The van der Waals surface area contributed by atoms with Crippen LogP contribution in [0.5, 0.6) is 5.75 Å². The van der Waals surface area contributed by atoms with Crippen molar-refractivity contribution in [2.24, 2.45) is 0 Å². The van der Waals surface area contributed by atoms with Crippen LogP contribution < -0.4 is 10.1 Å². The molecule has 1 aromatic heterocycles.